The summed E-state index contributed by atoms with van der Waals surface area (Å²) in [6.45, 7) is 6.05. The van der Waals surface area contributed by atoms with Crippen molar-refractivity contribution in [3.8, 4) is 56.3 Å². The molecular weight excluding hydrogens is 953 g/mol. The van der Waals surface area contributed by atoms with E-state index in [4.69, 9.17) is 58.7 Å². The monoisotopic (exact) mass is 1010 g/mol. The van der Waals surface area contributed by atoms with E-state index in [0.717, 1.165) is 33.4 Å². The minimum Gasteiger partial charge on any atom is -0.467 e. The second-order valence-corrected chi connectivity index (χ2v) is 17.0. The molecule has 7 rings (SSSR count). The third kappa shape index (κ3) is 16.6. The SMILES string of the molecule is COCOc1ccccc1-c1cc(-c2cnn(CCOCCOCCO)c2)c(N)nn1.COCOc1ccccc1-c1cc(-c2cnn(CCOCCOCCOS(=O)(=O)c3ccc(C)cc3)c2)c(N)nn1. The predicted octanol–water partition coefficient (Wildman–Crippen LogP) is 4.92. The van der Waals surface area contributed by atoms with Crippen LogP contribution >= 0.6 is 0 Å². The molecular formula is C49H60N10O12S. The van der Waals surface area contributed by atoms with Gasteiger partial charge in [-0.05, 0) is 55.5 Å². The average Bonchev–Trinajstić information content (AvgIpc) is 4.08. The van der Waals surface area contributed by atoms with Gasteiger partial charge in [0.05, 0.1) is 108 Å². The van der Waals surface area contributed by atoms with Crippen LogP contribution in [-0.4, -0.2) is 147 Å². The number of hydrogen-bond acceptors (Lipinski definition) is 20. The molecule has 0 amide bonds. The molecule has 23 heteroatoms. The van der Waals surface area contributed by atoms with Crippen molar-refractivity contribution in [2.45, 2.75) is 24.9 Å². The smallest absolute Gasteiger partial charge is 0.297 e. The van der Waals surface area contributed by atoms with Crippen LogP contribution in [0.5, 0.6) is 11.5 Å². The minimum atomic E-state index is -3.80. The highest BCUT2D eigenvalue weighted by atomic mass is 32.2. The van der Waals surface area contributed by atoms with Crippen molar-refractivity contribution in [2.75, 3.05) is 105 Å². The summed E-state index contributed by atoms with van der Waals surface area (Å²) in [6.07, 6.45) is 7.18. The highest BCUT2D eigenvalue weighted by molar-refractivity contribution is 7.86. The van der Waals surface area contributed by atoms with Gasteiger partial charge in [0.25, 0.3) is 10.1 Å². The molecule has 0 atom stereocenters. The van der Waals surface area contributed by atoms with Crippen molar-refractivity contribution >= 4 is 21.8 Å². The van der Waals surface area contributed by atoms with Gasteiger partial charge in [0, 0.05) is 60.0 Å². The zero-order chi connectivity index (χ0) is 51.0. The Hall–Kier alpha value is -6.93. The number of aromatic nitrogens is 8. The van der Waals surface area contributed by atoms with Gasteiger partial charge in [-0.1, -0.05) is 42.0 Å². The fourth-order valence-corrected chi connectivity index (χ4v) is 7.52. The first-order valence-corrected chi connectivity index (χ1v) is 24.1. The summed E-state index contributed by atoms with van der Waals surface area (Å²) in [7, 11) is -0.674. The van der Waals surface area contributed by atoms with Crippen LogP contribution in [0.15, 0.2) is 115 Å². The molecule has 0 saturated carbocycles. The fraction of sp³-hybridized carbons (Fsp3) is 0.347. The number of aliphatic hydroxyl groups is 1. The van der Waals surface area contributed by atoms with E-state index in [9.17, 15) is 8.42 Å². The minimum absolute atomic E-state index is 0.0105. The molecule has 4 aromatic heterocycles. The number of nitrogens with zero attached hydrogens (tertiary/aromatic N) is 8. The third-order valence-electron chi connectivity index (χ3n) is 10.2. The summed E-state index contributed by atoms with van der Waals surface area (Å²) in [4.78, 5) is 0.120. The molecule has 4 heterocycles. The van der Waals surface area contributed by atoms with E-state index in [1.807, 2.05) is 80.0 Å². The lowest BCUT2D eigenvalue weighted by Crippen LogP contribution is -2.14. The molecule has 5 N–H and O–H groups in total. The van der Waals surface area contributed by atoms with E-state index in [1.165, 1.54) is 12.1 Å². The third-order valence-corrected chi connectivity index (χ3v) is 11.5. The average molecular weight is 1010 g/mol. The van der Waals surface area contributed by atoms with Gasteiger partial charge in [-0.2, -0.15) is 18.6 Å². The number of para-hydroxylation sites is 2. The molecule has 0 spiro atoms. The Kier molecular flexibility index (Phi) is 21.8. The highest BCUT2D eigenvalue weighted by Gasteiger charge is 2.17. The largest absolute Gasteiger partial charge is 0.467 e. The molecule has 7 aromatic rings. The van der Waals surface area contributed by atoms with Gasteiger partial charge in [-0.3, -0.25) is 13.5 Å². The van der Waals surface area contributed by atoms with E-state index in [2.05, 4.69) is 30.6 Å². The summed E-state index contributed by atoms with van der Waals surface area (Å²) in [5.41, 5.74) is 19.0. The van der Waals surface area contributed by atoms with Crippen LogP contribution < -0.4 is 20.9 Å². The highest BCUT2D eigenvalue weighted by Crippen LogP contribution is 2.34. The second-order valence-electron chi connectivity index (χ2n) is 15.4. The van der Waals surface area contributed by atoms with Crippen LogP contribution in [-0.2, 0) is 55.8 Å². The van der Waals surface area contributed by atoms with Crippen LogP contribution in [0, 0.1) is 6.92 Å². The maximum atomic E-state index is 12.2. The zero-order valence-electron chi connectivity index (χ0n) is 40.4. The second kappa shape index (κ2) is 28.8. The number of hydrogen-bond donors (Lipinski definition) is 3. The van der Waals surface area contributed by atoms with Crippen LogP contribution in [0.1, 0.15) is 5.56 Å². The van der Waals surface area contributed by atoms with Gasteiger partial charge in [-0.15, -0.1) is 20.4 Å². The molecule has 3 aromatic carbocycles. The summed E-state index contributed by atoms with van der Waals surface area (Å²) in [5.74, 6) is 1.87. The number of aliphatic hydroxyl groups excluding tert-OH is 1. The van der Waals surface area contributed by atoms with Gasteiger partial charge in [0.2, 0.25) is 0 Å². The summed E-state index contributed by atoms with van der Waals surface area (Å²) < 4.78 is 75.8. The van der Waals surface area contributed by atoms with Gasteiger partial charge < -0.3 is 54.5 Å². The number of methoxy groups -OCH3 is 2. The van der Waals surface area contributed by atoms with Crippen LogP contribution in [0.4, 0.5) is 11.6 Å². The molecule has 22 nitrogen and oxygen atoms in total. The lowest BCUT2D eigenvalue weighted by atomic mass is 10.1. The molecule has 0 fully saturated rings. The maximum absolute atomic E-state index is 12.2. The Morgan fingerprint density at radius 2 is 1.00 bits per heavy atom. The Morgan fingerprint density at radius 1 is 0.556 bits per heavy atom. The molecule has 0 radical (unpaired) electrons. The fourth-order valence-electron chi connectivity index (χ4n) is 6.63. The number of benzene rings is 3. The standard InChI is InChI=1S/C28H33N5O7S.C21H27N5O5/c1-21-7-9-23(10-8-21)41(34,35)40-16-15-38-14-13-37-12-11-33-19-22(18-30-33)25-17-26(31-32-28(25)29)24-5-3-4-6-27(24)39-20-36-2;1-28-15-31-20-5-3-2-4-17(20)19-12-18(21(22)25-24-19)16-13-23-26(14-16)6-8-29-10-11-30-9-7-27/h3-10,17-19H,11-16,20H2,1-2H3,(H2,29,32);2-5,12-14,27H,6-11,15H2,1H3,(H2,22,25). The number of nitrogens with two attached hydrogens (primary N) is 2. The van der Waals surface area contributed by atoms with Gasteiger partial charge in [0.15, 0.2) is 25.2 Å². The number of aryl methyl sites for hydroxylation is 1. The van der Waals surface area contributed by atoms with Crippen molar-refractivity contribution < 1.29 is 55.6 Å². The quantitative estimate of drug-likeness (QED) is 0.0319. The van der Waals surface area contributed by atoms with Crippen LogP contribution in [0.25, 0.3) is 44.8 Å². The molecule has 0 aliphatic carbocycles. The van der Waals surface area contributed by atoms with Crippen molar-refractivity contribution in [1.29, 1.82) is 0 Å². The Labute approximate surface area is 417 Å². The molecule has 0 bridgehead atoms. The molecule has 0 unspecified atom stereocenters. The lowest BCUT2D eigenvalue weighted by molar-refractivity contribution is 0.0303. The van der Waals surface area contributed by atoms with E-state index in [0.29, 0.717) is 93.6 Å². The lowest BCUT2D eigenvalue weighted by Gasteiger charge is -2.11. The number of anilines is 2. The van der Waals surface area contributed by atoms with Gasteiger partial charge in [-0.25, -0.2) is 0 Å². The van der Waals surface area contributed by atoms with Crippen LogP contribution in [0.2, 0.25) is 0 Å². The molecule has 0 aliphatic rings. The normalized spacial score (nSPS) is 11.3. The Bertz CT molecular complexity index is 2830. The van der Waals surface area contributed by atoms with Crippen molar-refractivity contribution in [1.82, 2.24) is 40.0 Å². The topological polar surface area (TPSA) is 277 Å². The summed E-state index contributed by atoms with van der Waals surface area (Å²) >= 11 is 0. The maximum Gasteiger partial charge on any atom is 0.297 e. The van der Waals surface area contributed by atoms with Crippen molar-refractivity contribution in [3.05, 3.63) is 115 Å². The van der Waals surface area contributed by atoms with Gasteiger partial charge in [0.1, 0.15) is 11.5 Å². The number of nitrogen functional groups attached to an aromatic ring is 2. The van der Waals surface area contributed by atoms with Crippen molar-refractivity contribution in [3.63, 3.8) is 0 Å². The zero-order valence-corrected chi connectivity index (χ0v) is 41.2. The Morgan fingerprint density at radius 3 is 1.47 bits per heavy atom. The molecule has 72 heavy (non-hydrogen) atoms. The molecule has 0 aliphatic heterocycles. The molecule has 0 saturated heterocycles. The van der Waals surface area contributed by atoms with E-state index >= 15 is 0 Å². The molecule has 384 valence electrons. The Balaban J connectivity index is 0.000000245. The summed E-state index contributed by atoms with van der Waals surface area (Å²) in [6, 6.07) is 25.2. The van der Waals surface area contributed by atoms with E-state index < -0.39 is 10.1 Å². The van der Waals surface area contributed by atoms with E-state index in [1.54, 1.807) is 48.1 Å². The van der Waals surface area contributed by atoms with Crippen molar-refractivity contribution in [2.24, 2.45) is 0 Å². The number of ether oxygens (including phenoxy) is 8. The predicted molar refractivity (Wildman–Crippen MR) is 266 cm³/mol. The first kappa shape index (κ1) is 54.4. The summed E-state index contributed by atoms with van der Waals surface area (Å²) in [5, 5.41) is 34.1. The van der Waals surface area contributed by atoms with Gasteiger partial charge >= 0.3 is 0 Å². The number of rotatable bonds is 29. The first-order valence-electron chi connectivity index (χ1n) is 22.7. The van der Waals surface area contributed by atoms with E-state index in [-0.39, 0.29) is 44.1 Å². The first-order chi connectivity index (χ1) is 35.1. The van der Waals surface area contributed by atoms with Crippen LogP contribution in [0.3, 0.4) is 0 Å².